The van der Waals surface area contributed by atoms with Crippen LogP contribution in [0.5, 0.6) is 0 Å². The van der Waals surface area contributed by atoms with E-state index in [0.29, 0.717) is 31.5 Å². The molecule has 0 spiro atoms. The van der Waals surface area contributed by atoms with Gasteiger partial charge in [0.2, 0.25) is 11.8 Å². The Morgan fingerprint density at radius 2 is 1.96 bits per heavy atom. The number of nitrogens with zero attached hydrogens (tertiary/aromatic N) is 3. The molecule has 1 aliphatic rings. The third kappa shape index (κ3) is 4.41. The lowest BCUT2D eigenvalue weighted by atomic mass is 9.95. The predicted octanol–water partition coefficient (Wildman–Crippen LogP) is 1.93. The number of benzene rings is 1. The lowest BCUT2D eigenvalue weighted by molar-refractivity contribution is -0.384. The molecule has 1 aliphatic heterocycles. The number of non-ortho nitro benzene ring substituents is 1. The van der Waals surface area contributed by atoms with Crippen LogP contribution in [0.1, 0.15) is 18.4 Å². The van der Waals surface area contributed by atoms with Crippen LogP contribution in [-0.4, -0.2) is 53.7 Å². The van der Waals surface area contributed by atoms with Gasteiger partial charge in [-0.2, -0.15) is 0 Å². The largest absolute Gasteiger partial charge is 0.349 e. The van der Waals surface area contributed by atoms with E-state index in [1.165, 1.54) is 18.2 Å². The van der Waals surface area contributed by atoms with Crippen LogP contribution in [0.2, 0.25) is 0 Å². The van der Waals surface area contributed by atoms with Crippen molar-refractivity contribution in [1.82, 2.24) is 9.80 Å². The molecule has 0 bridgehead atoms. The molecule has 0 N–H and O–H groups in total. The standard InChI is InChI=1S/C17H21N3O4/c1-18(2)17(22)14-8-10-19(11-9-14)16(21)7-6-13-4-3-5-15(12-13)20(23)24/h3-7,12,14H,8-11H2,1-2H3/b7-6+. The van der Waals surface area contributed by atoms with Crippen LogP contribution in [0.3, 0.4) is 0 Å². The van der Waals surface area contributed by atoms with Crippen molar-refractivity contribution in [2.75, 3.05) is 27.2 Å². The van der Waals surface area contributed by atoms with E-state index < -0.39 is 4.92 Å². The fraction of sp³-hybridized carbons (Fsp3) is 0.412. The lowest BCUT2D eigenvalue weighted by Gasteiger charge is -2.31. The molecule has 1 saturated heterocycles. The Labute approximate surface area is 140 Å². The zero-order valence-corrected chi connectivity index (χ0v) is 13.8. The molecule has 1 fully saturated rings. The third-order valence-corrected chi connectivity index (χ3v) is 4.10. The number of likely N-dealkylation sites (tertiary alicyclic amines) is 1. The fourth-order valence-electron chi connectivity index (χ4n) is 2.73. The smallest absolute Gasteiger partial charge is 0.270 e. The van der Waals surface area contributed by atoms with E-state index in [4.69, 9.17) is 0 Å². The molecule has 7 nitrogen and oxygen atoms in total. The molecule has 128 valence electrons. The Kier molecular flexibility index (Phi) is 5.68. The Bertz CT molecular complexity index is 662. The quantitative estimate of drug-likeness (QED) is 0.479. The highest BCUT2D eigenvalue weighted by atomic mass is 16.6. The van der Waals surface area contributed by atoms with Gasteiger partial charge >= 0.3 is 0 Å². The first-order valence-corrected chi connectivity index (χ1v) is 7.81. The predicted molar refractivity (Wildman–Crippen MR) is 90.1 cm³/mol. The van der Waals surface area contributed by atoms with Gasteiger partial charge in [0.15, 0.2) is 0 Å². The fourth-order valence-corrected chi connectivity index (χ4v) is 2.73. The second-order valence-corrected chi connectivity index (χ2v) is 6.02. The highest BCUT2D eigenvalue weighted by Crippen LogP contribution is 2.19. The summed E-state index contributed by atoms with van der Waals surface area (Å²) in [6.07, 6.45) is 4.32. The molecule has 0 radical (unpaired) electrons. The molecule has 0 aromatic heterocycles. The van der Waals surface area contributed by atoms with Crippen molar-refractivity contribution in [3.63, 3.8) is 0 Å². The number of nitro benzene ring substituents is 1. The minimum atomic E-state index is -0.467. The molecule has 1 aromatic rings. The number of rotatable bonds is 4. The summed E-state index contributed by atoms with van der Waals surface area (Å²) in [6.45, 7) is 1.09. The molecule has 1 heterocycles. The number of carbonyl (C=O) groups excluding carboxylic acids is 2. The van der Waals surface area contributed by atoms with Crippen molar-refractivity contribution in [1.29, 1.82) is 0 Å². The molecule has 2 rings (SSSR count). The van der Waals surface area contributed by atoms with Gasteiger partial charge in [-0.05, 0) is 24.5 Å². The van der Waals surface area contributed by atoms with E-state index in [2.05, 4.69) is 0 Å². The molecule has 0 saturated carbocycles. The van der Waals surface area contributed by atoms with E-state index in [1.54, 1.807) is 42.1 Å². The van der Waals surface area contributed by atoms with Crippen LogP contribution in [0.4, 0.5) is 5.69 Å². The molecular formula is C17H21N3O4. The van der Waals surface area contributed by atoms with Crippen molar-refractivity contribution in [3.8, 4) is 0 Å². The van der Waals surface area contributed by atoms with Gasteiger partial charge in [0.05, 0.1) is 4.92 Å². The zero-order valence-electron chi connectivity index (χ0n) is 13.8. The average molecular weight is 331 g/mol. The Hall–Kier alpha value is -2.70. The maximum Gasteiger partial charge on any atom is 0.270 e. The normalized spacial score (nSPS) is 15.5. The van der Waals surface area contributed by atoms with Crippen molar-refractivity contribution in [2.45, 2.75) is 12.8 Å². The Morgan fingerprint density at radius 3 is 2.54 bits per heavy atom. The average Bonchev–Trinajstić information content (AvgIpc) is 2.59. The van der Waals surface area contributed by atoms with Crippen LogP contribution >= 0.6 is 0 Å². The number of piperidine rings is 1. The molecule has 0 atom stereocenters. The summed E-state index contributed by atoms with van der Waals surface area (Å²) < 4.78 is 0. The summed E-state index contributed by atoms with van der Waals surface area (Å²) >= 11 is 0. The van der Waals surface area contributed by atoms with E-state index in [0.717, 1.165) is 0 Å². The lowest BCUT2D eigenvalue weighted by Crippen LogP contribution is -2.42. The van der Waals surface area contributed by atoms with Gasteiger partial charge in [-0.15, -0.1) is 0 Å². The van der Waals surface area contributed by atoms with E-state index >= 15 is 0 Å². The molecule has 1 aromatic carbocycles. The minimum absolute atomic E-state index is 0.00684. The summed E-state index contributed by atoms with van der Waals surface area (Å²) in [5, 5.41) is 10.7. The summed E-state index contributed by atoms with van der Waals surface area (Å²) in [7, 11) is 3.48. The van der Waals surface area contributed by atoms with Gasteiger partial charge in [0.1, 0.15) is 0 Å². The van der Waals surface area contributed by atoms with Crippen molar-refractivity contribution in [3.05, 3.63) is 46.0 Å². The van der Waals surface area contributed by atoms with Crippen LogP contribution < -0.4 is 0 Å². The maximum absolute atomic E-state index is 12.2. The topological polar surface area (TPSA) is 83.8 Å². The highest BCUT2D eigenvalue weighted by molar-refractivity contribution is 5.92. The van der Waals surface area contributed by atoms with Crippen molar-refractivity contribution in [2.24, 2.45) is 5.92 Å². The van der Waals surface area contributed by atoms with Gasteiger partial charge in [-0.25, -0.2) is 0 Å². The summed E-state index contributed by atoms with van der Waals surface area (Å²) in [5.74, 6) is -0.0590. The van der Waals surface area contributed by atoms with Crippen LogP contribution in [0.15, 0.2) is 30.3 Å². The van der Waals surface area contributed by atoms with Crippen molar-refractivity contribution >= 4 is 23.6 Å². The van der Waals surface area contributed by atoms with Gasteiger partial charge < -0.3 is 9.80 Å². The van der Waals surface area contributed by atoms with E-state index in [1.807, 2.05) is 0 Å². The van der Waals surface area contributed by atoms with Crippen LogP contribution in [0.25, 0.3) is 6.08 Å². The van der Waals surface area contributed by atoms with Gasteiger partial charge in [0.25, 0.3) is 5.69 Å². The molecular weight excluding hydrogens is 310 g/mol. The second-order valence-electron chi connectivity index (χ2n) is 6.02. The summed E-state index contributed by atoms with van der Waals surface area (Å²) in [6, 6.07) is 6.12. The summed E-state index contributed by atoms with van der Waals surface area (Å²) in [5.41, 5.74) is 0.600. The zero-order chi connectivity index (χ0) is 17.7. The van der Waals surface area contributed by atoms with Crippen molar-refractivity contribution < 1.29 is 14.5 Å². The first-order valence-electron chi connectivity index (χ1n) is 7.81. The number of amides is 2. The first-order chi connectivity index (χ1) is 11.4. The molecule has 0 unspecified atom stereocenters. The number of nitro groups is 1. The Morgan fingerprint density at radius 1 is 1.29 bits per heavy atom. The third-order valence-electron chi connectivity index (χ3n) is 4.10. The SMILES string of the molecule is CN(C)C(=O)C1CCN(C(=O)/C=C/c2cccc([N+](=O)[O-])c2)CC1. The molecule has 24 heavy (non-hydrogen) atoms. The van der Waals surface area contributed by atoms with E-state index in [-0.39, 0.29) is 23.4 Å². The Balaban J connectivity index is 1.93. The second kappa shape index (κ2) is 7.72. The van der Waals surface area contributed by atoms with Gasteiger partial charge in [-0.3, -0.25) is 19.7 Å². The maximum atomic E-state index is 12.2. The van der Waals surface area contributed by atoms with Gasteiger partial charge in [0, 0.05) is 51.3 Å². The highest BCUT2D eigenvalue weighted by Gasteiger charge is 2.27. The molecule has 0 aliphatic carbocycles. The number of hydrogen-bond acceptors (Lipinski definition) is 4. The number of hydrogen-bond donors (Lipinski definition) is 0. The first kappa shape index (κ1) is 17.7. The summed E-state index contributed by atoms with van der Waals surface area (Å²) in [4.78, 5) is 37.7. The van der Waals surface area contributed by atoms with E-state index in [9.17, 15) is 19.7 Å². The van der Waals surface area contributed by atoms with Crippen LogP contribution in [0, 0.1) is 16.0 Å². The number of carbonyl (C=O) groups is 2. The molecule has 7 heteroatoms. The molecule has 2 amide bonds. The minimum Gasteiger partial charge on any atom is -0.349 e. The van der Waals surface area contributed by atoms with Gasteiger partial charge in [-0.1, -0.05) is 12.1 Å². The monoisotopic (exact) mass is 331 g/mol. The van der Waals surface area contributed by atoms with Crippen LogP contribution in [-0.2, 0) is 9.59 Å².